The highest BCUT2D eigenvalue weighted by molar-refractivity contribution is 7.99. The van der Waals surface area contributed by atoms with Gasteiger partial charge in [-0.05, 0) is 31.2 Å². The van der Waals surface area contributed by atoms with Crippen LogP contribution in [0.5, 0.6) is 5.75 Å². The summed E-state index contributed by atoms with van der Waals surface area (Å²) in [4.78, 5) is 35.4. The van der Waals surface area contributed by atoms with E-state index >= 15 is 0 Å². The van der Waals surface area contributed by atoms with Gasteiger partial charge in [-0.2, -0.15) is 0 Å². The number of aromatic nitrogens is 3. The molecule has 2 N–H and O–H groups in total. The van der Waals surface area contributed by atoms with Crippen molar-refractivity contribution in [1.82, 2.24) is 20.1 Å². The number of benzene rings is 2. The second-order valence-corrected chi connectivity index (χ2v) is 7.88. The summed E-state index contributed by atoms with van der Waals surface area (Å²) in [6, 6.07) is 12.6. The summed E-state index contributed by atoms with van der Waals surface area (Å²) < 4.78 is 6.67. The van der Waals surface area contributed by atoms with E-state index < -0.39 is 16.9 Å². The lowest BCUT2D eigenvalue weighted by Gasteiger charge is -2.13. The Morgan fingerprint density at radius 3 is 2.61 bits per heavy atom. The van der Waals surface area contributed by atoms with Crippen LogP contribution in [0.4, 0.5) is 11.4 Å². The van der Waals surface area contributed by atoms with E-state index in [4.69, 9.17) is 4.74 Å². The Kier molecular flexibility index (Phi) is 7.61. The minimum Gasteiger partial charge on any atom is -0.496 e. The molecule has 3 rings (SSSR count). The first-order valence-corrected chi connectivity index (χ1v) is 10.8. The van der Waals surface area contributed by atoms with E-state index in [2.05, 4.69) is 20.8 Å². The number of hydrogen-bond acceptors (Lipinski definition) is 8. The summed E-state index contributed by atoms with van der Waals surface area (Å²) in [5.41, 5.74) is 0.337. The highest BCUT2D eigenvalue weighted by Crippen LogP contribution is 2.29. The van der Waals surface area contributed by atoms with Gasteiger partial charge in [-0.3, -0.25) is 19.7 Å². The number of ether oxygens (including phenoxy) is 1. The van der Waals surface area contributed by atoms with Crippen molar-refractivity contribution >= 4 is 35.0 Å². The van der Waals surface area contributed by atoms with Gasteiger partial charge in [0.2, 0.25) is 5.91 Å². The zero-order chi connectivity index (χ0) is 24.0. The van der Waals surface area contributed by atoms with E-state index in [1.807, 2.05) is 6.07 Å². The van der Waals surface area contributed by atoms with Gasteiger partial charge in [0, 0.05) is 12.6 Å². The lowest BCUT2D eigenvalue weighted by Crippen LogP contribution is -2.28. The van der Waals surface area contributed by atoms with Gasteiger partial charge in [0.1, 0.15) is 11.4 Å². The average molecular weight is 471 g/mol. The minimum absolute atomic E-state index is 0.0418. The van der Waals surface area contributed by atoms with Crippen molar-refractivity contribution in [2.75, 3.05) is 18.2 Å². The molecular formula is C21H22N6O5S. The molecule has 0 saturated heterocycles. The highest BCUT2D eigenvalue weighted by atomic mass is 32.2. The molecule has 3 aromatic rings. The molecule has 0 fully saturated rings. The van der Waals surface area contributed by atoms with Crippen LogP contribution >= 0.6 is 11.8 Å². The van der Waals surface area contributed by atoms with Crippen molar-refractivity contribution in [3.63, 3.8) is 0 Å². The standard InChI is InChI=1S/C21H22N6O5S/c1-13(22-20(29)14-7-5-4-6-8-14)19-24-25-21(26(19)2)33-12-18(28)23-16-10-9-15(32-3)11-17(16)27(30)31/h4-11,13H,12H2,1-3H3,(H,22,29)(H,23,28)/t13-/m0/s1. The molecule has 2 amide bonds. The first-order chi connectivity index (χ1) is 15.8. The van der Waals surface area contributed by atoms with Gasteiger partial charge in [-0.25, -0.2) is 0 Å². The normalized spacial score (nSPS) is 11.5. The van der Waals surface area contributed by atoms with E-state index in [0.717, 1.165) is 11.8 Å². The zero-order valence-electron chi connectivity index (χ0n) is 18.1. The Balaban J connectivity index is 1.61. The van der Waals surface area contributed by atoms with E-state index in [-0.39, 0.29) is 23.0 Å². The number of anilines is 1. The molecule has 12 heteroatoms. The predicted octanol–water partition coefficient (Wildman–Crippen LogP) is 2.95. The third-order valence-corrected chi connectivity index (χ3v) is 5.67. The Morgan fingerprint density at radius 2 is 1.94 bits per heavy atom. The molecule has 1 aromatic heterocycles. The molecule has 1 heterocycles. The number of nitrogens with one attached hydrogen (secondary N) is 2. The molecule has 0 aliphatic rings. The van der Waals surface area contributed by atoms with E-state index in [9.17, 15) is 19.7 Å². The number of nitrogens with zero attached hydrogens (tertiary/aromatic N) is 4. The second kappa shape index (κ2) is 10.6. The Morgan fingerprint density at radius 1 is 1.21 bits per heavy atom. The monoisotopic (exact) mass is 470 g/mol. The van der Waals surface area contributed by atoms with Gasteiger partial charge in [-0.15, -0.1) is 10.2 Å². The summed E-state index contributed by atoms with van der Waals surface area (Å²) in [6.07, 6.45) is 0. The smallest absolute Gasteiger partial charge is 0.296 e. The van der Waals surface area contributed by atoms with Crippen LogP contribution in [0, 0.1) is 10.1 Å². The van der Waals surface area contributed by atoms with Crippen molar-refractivity contribution in [2.24, 2.45) is 7.05 Å². The summed E-state index contributed by atoms with van der Waals surface area (Å²) >= 11 is 1.12. The fourth-order valence-electron chi connectivity index (χ4n) is 2.97. The third kappa shape index (κ3) is 5.86. The molecule has 0 saturated carbocycles. The number of thioether (sulfide) groups is 1. The molecule has 0 aliphatic carbocycles. The number of amides is 2. The van der Waals surface area contributed by atoms with Crippen LogP contribution in [0.25, 0.3) is 0 Å². The van der Waals surface area contributed by atoms with Crippen LogP contribution in [0.15, 0.2) is 53.7 Å². The largest absolute Gasteiger partial charge is 0.496 e. The maximum Gasteiger partial charge on any atom is 0.296 e. The van der Waals surface area contributed by atoms with Crippen LogP contribution in [-0.2, 0) is 11.8 Å². The molecule has 0 spiro atoms. The maximum absolute atomic E-state index is 12.4. The second-order valence-electron chi connectivity index (χ2n) is 6.94. The molecule has 1 atom stereocenters. The molecule has 2 aromatic carbocycles. The van der Waals surface area contributed by atoms with Crippen molar-refractivity contribution in [1.29, 1.82) is 0 Å². The number of methoxy groups -OCH3 is 1. The number of carbonyl (C=O) groups is 2. The number of nitro benzene ring substituents is 1. The van der Waals surface area contributed by atoms with Crippen molar-refractivity contribution in [3.05, 3.63) is 70.0 Å². The summed E-state index contributed by atoms with van der Waals surface area (Å²) in [7, 11) is 3.13. The fraction of sp³-hybridized carbons (Fsp3) is 0.238. The highest BCUT2D eigenvalue weighted by Gasteiger charge is 2.20. The number of rotatable bonds is 9. The van der Waals surface area contributed by atoms with Gasteiger partial charge >= 0.3 is 0 Å². The van der Waals surface area contributed by atoms with Crippen LogP contribution < -0.4 is 15.4 Å². The van der Waals surface area contributed by atoms with Gasteiger partial charge in [0.15, 0.2) is 11.0 Å². The third-order valence-electron chi connectivity index (χ3n) is 4.65. The lowest BCUT2D eigenvalue weighted by molar-refractivity contribution is -0.384. The van der Waals surface area contributed by atoms with Crippen LogP contribution in [0.3, 0.4) is 0 Å². The molecular weight excluding hydrogens is 448 g/mol. The fourth-order valence-corrected chi connectivity index (χ4v) is 3.69. The molecule has 0 unspecified atom stereocenters. The van der Waals surface area contributed by atoms with Gasteiger partial charge in [0.05, 0.1) is 29.9 Å². The number of hydrogen-bond donors (Lipinski definition) is 2. The summed E-state index contributed by atoms with van der Waals surface area (Å²) in [5, 5.41) is 25.3. The lowest BCUT2D eigenvalue weighted by atomic mass is 10.2. The summed E-state index contributed by atoms with van der Waals surface area (Å²) in [5.74, 6) is 0.117. The van der Waals surface area contributed by atoms with Crippen molar-refractivity contribution < 1.29 is 19.2 Å². The Labute approximate surface area is 193 Å². The van der Waals surface area contributed by atoms with Crippen LogP contribution in [0.2, 0.25) is 0 Å². The van der Waals surface area contributed by atoms with Crippen LogP contribution in [-0.4, -0.2) is 44.4 Å². The zero-order valence-corrected chi connectivity index (χ0v) is 19.0. The molecule has 33 heavy (non-hydrogen) atoms. The first-order valence-electron chi connectivity index (χ1n) is 9.80. The average Bonchev–Trinajstić information content (AvgIpc) is 3.18. The Bertz CT molecular complexity index is 1170. The first kappa shape index (κ1) is 23.7. The maximum atomic E-state index is 12.4. The van der Waals surface area contributed by atoms with E-state index in [1.54, 1.807) is 42.8 Å². The molecule has 172 valence electrons. The molecule has 0 radical (unpaired) electrons. The van der Waals surface area contributed by atoms with Crippen molar-refractivity contribution in [3.8, 4) is 5.75 Å². The molecule has 0 aliphatic heterocycles. The van der Waals surface area contributed by atoms with Gasteiger partial charge in [0.25, 0.3) is 11.6 Å². The van der Waals surface area contributed by atoms with Gasteiger partial charge < -0.3 is 19.9 Å². The van der Waals surface area contributed by atoms with E-state index in [1.165, 1.54) is 25.3 Å². The SMILES string of the molecule is COc1ccc(NC(=O)CSc2nnc([C@H](C)NC(=O)c3ccccc3)n2C)c([N+](=O)[O-])c1. The quantitative estimate of drug-likeness (QED) is 0.276. The van der Waals surface area contributed by atoms with Crippen LogP contribution in [0.1, 0.15) is 29.1 Å². The summed E-state index contributed by atoms with van der Waals surface area (Å²) in [6.45, 7) is 1.79. The molecule has 11 nitrogen and oxygen atoms in total. The van der Waals surface area contributed by atoms with Gasteiger partial charge in [-0.1, -0.05) is 30.0 Å². The van der Waals surface area contributed by atoms with Crippen molar-refractivity contribution in [2.45, 2.75) is 18.1 Å². The topological polar surface area (TPSA) is 141 Å². The molecule has 0 bridgehead atoms. The van der Waals surface area contributed by atoms with E-state index in [0.29, 0.717) is 22.3 Å². The predicted molar refractivity (Wildman–Crippen MR) is 122 cm³/mol. The minimum atomic E-state index is -0.592. The Hall–Kier alpha value is -3.93. The number of carbonyl (C=O) groups excluding carboxylic acids is 2. The number of nitro groups is 1.